The predicted octanol–water partition coefficient (Wildman–Crippen LogP) is 4.82. The number of nitrogens with one attached hydrogen (secondary N) is 1. The first-order valence-corrected chi connectivity index (χ1v) is 11.3. The van der Waals surface area contributed by atoms with Crippen molar-refractivity contribution in [1.29, 1.82) is 0 Å². The molecule has 2 atom stereocenters. The van der Waals surface area contributed by atoms with Gasteiger partial charge in [0.2, 0.25) is 5.75 Å². The Balaban J connectivity index is 1.39. The number of para-hydroxylation sites is 3. The maximum Gasteiger partial charge on any atom is 0.203 e. The van der Waals surface area contributed by atoms with Gasteiger partial charge in [-0.3, -0.25) is 0 Å². The van der Waals surface area contributed by atoms with E-state index in [2.05, 4.69) is 36.5 Å². The molecule has 1 N–H and O–H groups in total. The van der Waals surface area contributed by atoms with Crippen LogP contribution in [0.3, 0.4) is 0 Å². The standard InChI is InChI=1S/C27H31NO5/c1-4-19-12-14-20(15-13-19)26-25(32-21-8-5-6-9-22(21)33-26)18-28-16-17-31-27-23(29-2)10-7-11-24(27)30-3/h5-15,25-26,28H,4,16-18H2,1-3H3/t25-,26-/m1/s1. The molecule has 0 amide bonds. The summed E-state index contributed by atoms with van der Waals surface area (Å²) in [5, 5.41) is 3.44. The molecule has 0 fully saturated rings. The highest BCUT2D eigenvalue weighted by molar-refractivity contribution is 5.51. The Morgan fingerprint density at radius 1 is 0.818 bits per heavy atom. The molecule has 3 aromatic carbocycles. The third kappa shape index (κ3) is 5.34. The smallest absolute Gasteiger partial charge is 0.203 e. The molecular weight excluding hydrogens is 418 g/mol. The summed E-state index contributed by atoms with van der Waals surface area (Å²) in [6.07, 6.45) is 0.634. The minimum atomic E-state index is -0.200. The molecule has 0 aromatic heterocycles. The number of benzene rings is 3. The van der Waals surface area contributed by atoms with Crippen LogP contribution < -0.4 is 29.0 Å². The van der Waals surface area contributed by atoms with Crippen molar-refractivity contribution < 1.29 is 23.7 Å². The molecule has 33 heavy (non-hydrogen) atoms. The van der Waals surface area contributed by atoms with Gasteiger partial charge >= 0.3 is 0 Å². The lowest BCUT2D eigenvalue weighted by molar-refractivity contribution is 0.0198. The molecule has 0 bridgehead atoms. The van der Waals surface area contributed by atoms with Gasteiger partial charge in [-0.1, -0.05) is 49.4 Å². The van der Waals surface area contributed by atoms with Crippen molar-refractivity contribution >= 4 is 0 Å². The van der Waals surface area contributed by atoms with Crippen molar-refractivity contribution in [1.82, 2.24) is 5.32 Å². The van der Waals surface area contributed by atoms with Gasteiger partial charge < -0.3 is 29.0 Å². The van der Waals surface area contributed by atoms with Crippen LogP contribution in [-0.2, 0) is 6.42 Å². The normalized spacial score (nSPS) is 16.8. The van der Waals surface area contributed by atoms with E-state index in [0.717, 1.165) is 23.5 Å². The lowest BCUT2D eigenvalue weighted by atomic mass is 10.0. The Kier molecular flexibility index (Phi) is 7.58. The van der Waals surface area contributed by atoms with Gasteiger partial charge in [0.05, 0.1) is 14.2 Å². The maximum atomic E-state index is 6.36. The van der Waals surface area contributed by atoms with Gasteiger partial charge in [0, 0.05) is 13.1 Å². The van der Waals surface area contributed by atoms with Crippen LogP contribution in [0.5, 0.6) is 28.7 Å². The van der Waals surface area contributed by atoms with E-state index < -0.39 is 0 Å². The van der Waals surface area contributed by atoms with Crippen molar-refractivity contribution in [2.24, 2.45) is 0 Å². The molecule has 1 heterocycles. The van der Waals surface area contributed by atoms with Gasteiger partial charge in [-0.2, -0.15) is 0 Å². The Labute approximate surface area is 195 Å². The minimum absolute atomic E-state index is 0.173. The molecule has 0 radical (unpaired) electrons. The van der Waals surface area contributed by atoms with Crippen molar-refractivity contribution in [3.63, 3.8) is 0 Å². The SMILES string of the molecule is CCc1ccc([C@H]2Oc3ccccc3O[C@@H]2CNCCOc2c(OC)cccc2OC)cc1. The molecule has 4 rings (SSSR count). The highest BCUT2D eigenvalue weighted by atomic mass is 16.6. The largest absolute Gasteiger partial charge is 0.493 e. The Morgan fingerprint density at radius 2 is 1.48 bits per heavy atom. The van der Waals surface area contributed by atoms with Gasteiger partial charge in [-0.05, 0) is 41.8 Å². The van der Waals surface area contributed by atoms with E-state index in [-0.39, 0.29) is 12.2 Å². The van der Waals surface area contributed by atoms with Crippen molar-refractivity contribution in [3.8, 4) is 28.7 Å². The molecule has 1 aliphatic rings. The van der Waals surface area contributed by atoms with E-state index >= 15 is 0 Å². The van der Waals surface area contributed by atoms with E-state index in [0.29, 0.717) is 36.9 Å². The number of rotatable bonds is 10. The van der Waals surface area contributed by atoms with Gasteiger partial charge in [0.15, 0.2) is 35.2 Å². The zero-order valence-corrected chi connectivity index (χ0v) is 19.4. The van der Waals surface area contributed by atoms with Crippen LogP contribution in [-0.4, -0.2) is 40.0 Å². The number of ether oxygens (including phenoxy) is 5. The minimum Gasteiger partial charge on any atom is -0.493 e. The lowest BCUT2D eigenvalue weighted by Gasteiger charge is -2.34. The third-order valence-corrected chi connectivity index (χ3v) is 5.69. The first-order chi connectivity index (χ1) is 16.2. The van der Waals surface area contributed by atoms with Crippen LogP contribution in [0.2, 0.25) is 0 Å². The van der Waals surface area contributed by atoms with E-state index in [1.54, 1.807) is 14.2 Å². The topological polar surface area (TPSA) is 58.2 Å². The van der Waals surface area contributed by atoms with Crippen LogP contribution in [0, 0.1) is 0 Å². The summed E-state index contributed by atoms with van der Waals surface area (Å²) in [5.41, 5.74) is 2.40. The molecule has 1 aliphatic heterocycles. The summed E-state index contributed by atoms with van der Waals surface area (Å²) in [6, 6.07) is 21.9. The summed E-state index contributed by atoms with van der Waals surface area (Å²) in [6.45, 7) is 3.85. The molecule has 3 aromatic rings. The van der Waals surface area contributed by atoms with Crippen LogP contribution in [0.15, 0.2) is 66.7 Å². The fraction of sp³-hybridized carbons (Fsp3) is 0.333. The van der Waals surface area contributed by atoms with Crippen LogP contribution in [0.1, 0.15) is 24.2 Å². The molecule has 0 saturated heterocycles. The maximum absolute atomic E-state index is 6.36. The summed E-state index contributed by atoms with van der Waals surface area (Å²) < 4.78 is 29.4. The quantitative estimate of drug-likeness (QED) is 0.448. The zero-order valence-electron chi connectivity index (χ0n) is 19.4. The first-order valence-electron chi connectivity index (χ1n) is 11.3. The highest BCUT2D eigenvalue weighted by Crippen LogP contribution is 2.39. The number of fused-ring (bicyclic) bond motifs is 1. The molecule has 0 aliphatic carbocycles. The van der Waals surface area contributed by atoms with Crippen molar-refractivity contribution in [2.45, 2.75) is 25.6 Å². The van der Waals surface area contributed by atoms with Crippen molar-refractivity contribution in [3.05, 3.63) is 77.9 Å². The lowest BCUT2D eigenvalue weighted by Crippen LogP contribution is -2.42. The van der Waals surface area contributed by atoms with Crippen LogP contribution in [0.25, 0.3) is 0 Å². The predicted molar refractivity (Wildman–Crippen MR) is 128 cm³/mol. The molecule has 0 unspecified atom stereocenters. The molecular formula is C27H31NO5. The number of hydrogen-bond donors (Lipinski definition) is 1. The average Bonchev–Trinajstić information content (AvgIpc) is 2.88. The summed E-state index contributed by atoms with van der Waals surface area (Å²) in [4.78, 5) is 0. The monoisotopic (exact) mass is 449 g/mol. The zero-order chi connectivity index (χ0) is 23.0. The van der Waals surface area contributed by atoms with Gasteiger partial charge in [0.25, 0.3) is 0 Å². The van der Waals surface area contributed by atoms with E-state index in [4.69, 9.17) is 23.7 Å². The molecule has 0 saturated carbocycles. The Bertz CT molecular complexity index is 1010. The fourth-order valence-electron chi connectivity index (χ4n) is 3.89. The van der Waals surface area contributed by atoms with Gasteiger partial charge in [0.1, 0.15) is 6.61 Å². The average molecular weight is 450 g/mol. The third-order valence-electron chi connectivity index (χ3n) is 5.69. The van der Waals surface area contributed by atoms with Crippen molar-refractivity contribution in [2.75, 3.05) is 33.9 Å². The molecule has 174 valence electrons. The van der Waals surface area contributed by atoms with Gasteiger partial charge in [-0.25, -0.2) is 0 Å². The second-order valence-electron chi connectivity index (χ2n) is 7.78. The molecule has 0 spiro atoms. The number of hydrogen-bond acceptors (Lipinski definition) is 6. The summed E-state index contributed by atoms with van der Waals surface area (Å²) in [5.74, 6) is 3.42. The molecule has 6 heteroatoms. The van der Waals surface area contributed by atoms with E-state index in [9.17, 15) is 0 Å². The van der Waals surface area contributed by atoms with Crippen LogP contribution in [0.4, 0.5) is 0 Å². The highest BCUT2D eigenvalue weighted by Gasteiger charge is 2.32. The summed E-state index contributed by atoms with van der Waals surface area (Å²) in [7, 11) is 3.23. The van der Waals surface area contributed by atoms with E-state index in [1.807, 2.05) is 42.5 Å². The first kappa shape index (κ1) is 22.8. The van der Waals surface area contributed by atoms with Gasteiger partial charge in [-0.15, -0.1) is 0 Å². The second-order valence-corrected chi connectivity index (χ2v) is 7.78. The Morgan fingerprint density at radius 3 is 2.12 bits per heavy atom. The van der Waals surface area contributed by atoms with Crippen LogP contribution >= 0.6 is 0 Å². The fourth-order valence-corrected chi connectivity index (χ4v) is 3.89. The Hall–Kier alpha value is -3.38. The summed E-state index contributed by atoms with van der Waals surface area (Å²) >= 11 is 0. The number of aryl methyl sites for hydroxylation is 1. The number of methoxy groups -OCH3 is 2. The van der Waals surface area contributed by atoms with E-state index in [1.165, 1.54) is 5.56 Å². The second kappa shape index (κ2) is 11.0. The molecule has 6 nitrogen and oxygen atoms in total.